The van der Waals surface area contributed by atoms with Crippen molar-refractivity contribution in [1.82, 2.24) is 5.32 Å². The van der Waals surface area contributed by atoms with Gasteiger partial charge in [-0.2, -0.15) is 0 Å². The summed E-state index contributed by atoms with van der Waals surface area (Å²) in [4.78, 5) is 2.43. The summed E-state index contributed by atoms with van der Waals surface area (Å²) in [5.41, 5.74) is 2.67. The molecule has 1 unspecified atom stereocenters. The molecule has 0 spiro atoms. The summed E-state index contributed by atoms with van der Waals surface area (Å²) in [7, 11) is 2.00. The largest absolute Gasteiger partial charge is 0.369 e. The van der Waals surface area contributed by atoms with Crippen LogP contribution in [0.5, 0.6) is 0 Å². The fourth-order valence-corrected chi connectivity index (χ4v) is 2.48. The Morgan fingerprint density at radius 2 is 1.94 bits per heavy atom. The van der Waals surface area contributed by atoms with Gasteiger partial charge in [0.15, 0.2) is 0 Å². The first-order valence-electron chi connectivity index (χ1n) is 6.24. The maximum Gasteiger partial charge on any atom is 0.0417 e. The summed E-state index contributed by atoms with van der Waals surface area (Å²) >= 11 is 3.56. The Balaban J connectivity index is 3.21. The molecule has 0 radical (unpaired) electrons. The van der Waals surface area contributed by atoms with Crippen molar-refractivity contribution in [3.63, 3.8) is 0 Å². The molecule has 0 saturated carbocycles. The van der Waals surface area contributed by atoms with Gasteiger partial charge in [-0.1, -0.05) is 15.9 Å². The van der Waals surface area contributed by atoms with Crippen molar-refractivity contribution >= 4 is 21.6 Å². The van der Waals surface area contributed by atoms with Crippen LogP contribution in [0.1, 0.15) is 39.3 Å². The molecule has 0 fully saturated rings. The van der Waals surface area contributed by atoms with Gasteiger partial charge in [0.25, 0.3) is 0 Å². The minimum Gasteiger partial charge on any atom is -0.369 e. The number of benzene rings is 1. The molecule has 96 valence electrons. The van der Waals surface area contributed by atoms with E-state index < -0.39 is 0 Å². The quantitative estimate of drug-likeness (QED) is 0.885. The smallest absolute Gasteiger partial charge is 0.0417 e. The van der Waals surface area contributed by atoms with E-state index in [1.165, 1.54) is 11.3 Å². The van der Waals surface area contributed by atoms with Gasteiger partial charge in [0.05, 0.1) is 0 Å². The number of hydrogen-bond acceptors (Lipinski definition) is 2. The van der Waals surface area contributed by atoms with Crippen molar-refractivity contribution in [2.24, 2.45) is 0 Å². The fourth-order valence-electron chi connectivity index (χ4n) is 2.10. The third kappa shape index (κ3) is 3.46. The Bertz CT molecular complexity index is 363. The van der Waals surface area contributed by atoms with Gasteiger partial charge in [-0.05, 0) is 58.5 Å². The van der Waals surface area contributed by atoms with E-state index in [2.05, 4.69) is 72.0 Å². The Kier molecular flexibility index (Phi) is 5.47. The van der Waals surface area contributed by atoms with Crippen LogP contribution in [0.3, 0.4) is 0 Å². The maximum atomic E-state index is 3.56. The lowest BCUT2D eigenvalue weighted by Gasteiger charge is -2.31. The molecule has 0 heterocycles. The fraction of sp³-hybridized carbons (Fsp3) is 0.571. The van der Waals surface area contributed by atoms with Crippen molar-refractivity contribution in [3.8, 4) is 0 Å². The zero-order valence-electron chi connectivity index (χ0n) is 11.4. The molecule has 1 atom stereocenters. The van der Waals surface area contributed by atoms with Gasteiger partial charge in [0, 0.05) is 28.8 Å². The molecule has 0 amide bonds. The van der Waals surface area contributed by atoms with E-state index >= 15 is 0 Å². The van der Waals surface area contributed by atoms with Gasteiger partial charge in [-0.25, -0.2) is 0 Å². The molecule has 17 heavy (non-hydrogen) atoms. The van der Waals surface area contributed by atoms with E-state index in [0.29, 0.717) is 12.1 Å². The van der Waals surface area contributed by atoms with Gasteiger partial charge in [-0.15, -0.1) is 0 Å². The highest BCUT2D eigenvalue weighted by atomic mass is 79.9. The Morgan fingerprint density at radius 3 is 2.41 bits per heavy atom. The maximum absolute atomic E-state index is 3.56. The third-order valence-electron chi connectivity index (χ3n) is 3.16. The summed E-state index contributed by atoms with van der Waals surface area (Å²) in [5.74, 6) is 0. The highest BCUT2D eigenvalue weighted by Crippen LogP contribution is 2.30. The molecule has 1 rings (SSSR count). The van der Waals surface area contributed by atoms with Gasteiger partial charge >= 0.3 is 0 Å². The second-order valence-electron chi connectivity index (χ2n) is 4.59. The first-order valence-corrected chi connectivity index (χ1v) is 7.03. The SMILES string of the molecule is CCN(c1ccc(Br)cc1C(C)NC)C(C)C. The Hall–Kier alpha value is -0.540. The third-order valence-corrected chi connectivity index (χ3v) is 3.66. The van der Waals surface area contributed by atoms with E-state index in [4.69, 9.17) is 0 Å². The van der Waals surface area contributed by atoms with Crippen LogP contribution in [0.25, 0.3) is 0 Å². The van der Waals surface area contributed by atoms with Crippen LogP contribution in [0, 0.1) is 0 Å². The average Bonchev–Trinajstić information content (AvgIpc) is 2.30. The molecule has 0 aliphatic rings. The zero-order chi connectivity index (χ0) is 13.0. The minimum absolute atomic E-state index is 0.357. The first-order chi connectivity index (χ1) is 8.01. The molecule has 3 heteroatoms. The molecule has 1 N–H and O–H groups in total. The molecule has 0 bridgehead atoms. The lowest BCUT2D eigenvalue weighted by molar-refractivity contribution is 0.636. The molecule has 0 aromatic heterocycles. The summed E-state index contributed by atoms with van der Waals surface area (Å²) in [6.07, 6.45) is 0. The number of hydrogen-bond donors (Lipinski definition) is 1. The van der Waals surface area contributed by atoms with Crippen LogP contribution < -0.4 is 10.2 Å². The molecule has 1 aromatic carbocycles. The second kappa shape index (κ2) is 6.41. The van der Waals surface area contributed by atoms with E-state index in [9.17, 15) is 0 Å². The number of nitrogens with zero attached hydrogens (tertiary/aromatic N) is 1. The molecule has 0 aliphatic heterocycles. The summed E-state index contributed by atoms with van der Waals surface area (Å²) < 4.78 is 1.14. The standard InChI is InChI=1S/C14H23BrN2/c1-6-17(10(2)3)14-8-7-12(15)9-13(14)11(4)16-5/h7-11,16H,6H2,1-5H3. The number of halogens is 1. The number of nitrogens with one attached hydrogen (secondary N) is 1. The predicted molar refractivity (Wildman–Crippen MR) is 79.8 cm³/mol. The average molecular weight is 299 g/mol. The van der Waals surface area contributed by atoms with Crippen LogP contribution in [0.2, 0.25) is 0 Å². The molecule has 0 aliphatic carbocycles. The van der Waals surface area contributed by atoms with E-state index in [-0.39, 0.29) is 0 Å². The monoisotopic (exact) mass is 298 g/mol. The second-order valence-corrected chi connectivity index (χ2v) is 5.51. The Labute approximate surface area is 114 Å². The topological polar surface area (TPSA) is 15.3 Å². The molecular formula is C14H23BrN2. The van der Waals surface area contributed by atoms with Crippen molar-refractivity contribution in [2.45, 2.75) is 39.8 Å². The highest BCUT2D eigenvalue weighted by molar-refractivity contribution is 9.10. The predicted octanol–water partition coefficient (Wildman–Crippen LogP) is 3.96. The summed E-state index contributed by atoms with van der Waals surface area (Å²) in [5, 5.41) is 3.32. The lowest BCUT2D eigenvalue weighted by atomic mass is 10.0. The lowest BCUT2D eigenvalue weighted by Crippen LogP contribution is -2.32. The van der Waals surface area contributed by atoms with Gasteiger partial charge in [0.2, 0.25) is 0 Å². The Morgan fingerprint density at radius 1 is 1.29 bits per heavy atom. The van der Waals surface area contributed by atoms with Crippen LogP contribution in [-0.2, 0) is 0 Å². The number of anilines is 1. The highest BCUT2D eigenvalue weighted by Gasteiger charge is 2.16. The van der Waals surface area contributed by atoms with Gasteiger partial charge < -0.3 is 10.2 Å². The van der Waals surface area contributed by atoms with E-state index in [1.54, 1.807) is 0 Å². The van der Waals surface area contributed by atoms with Crippen molar-refractivity contribution in [2.75, 3.05) is 18.5 Å². The zero-order valence-corrected chi connectivity index (χ0v) is 13.0. The van der Waals surface area contributed by atoms with Crippen LogP contribution in [0.15, 0.2) is 22.7 Å². The van der Waals surface area contributed by atoms with Crippen LogP contribution in [-0.4, -0.2) is 19.6 Å². The number of rotatable bonds is 5. The first kappa shape index (κ1) is 14.5. The van der Waals surface area contributed by atoms with E-state index in [1.807, 2.05) is 7.05 Å². The van der Waals surface area contributed by atoms with Crippen molar-refractivity contribution < 1.29 is 0 Å². The van der Waals surface area contributed by atoms with Crippen LogP contribution >= 0.6 is 15.9 Å². The summed E-state index contributed by atoms with van der Waals surface area (Å²) in [6, 6.07) is 7.41. The minimum atomic E-state index is 0.357. The molecule has 0 saturated heterocycles. The molecular weight excluding hydrogens is 276 g/mol. The van der Waals surface area contributed by atoms with Crippen LogP contribution in [0.4, 0.5) is 5.69 Å². The van der Waals surface area contributed by atoms with Crippen molar-refractivity contribution in [3.05, 3.63) is 28.2 Å². The van der Waals surface area contributed by atoms with Gasteiger partial charge in [-0.3, -0.25) is 0 Å². The summed E-state index contributed by atoms with van der Waals surface area (Å²) in [6.45, 7) is 9.90. The molecule has 2 nitrogen and oxygen atoms in total. The van der Waals surface area contributed by atoms with Gasteiger partial charge in [0.1, 0.15) is 0 Å². The van der Waals surface area contributed by atoms with E-state index in [0.717, 1.165) is 11.0 Å². The van der Waals surface area contributed by atoms with Crippen molar-refractivity contribution in [1.29, 1.82) is 0 Å². The normalized spacial score (nSPS) is 12.9. The molecule has 1 aromatic rings.